The van der Waals surface area contributed by atoms with E-state index in [9.17, 15) is 24.8 Å². The van der Waals surface area contributed by atoms with Crippen LogP contribution in [0.2, 0.25) is 0 Å². The molecule has 21 heavy (non-hydrogen) atoms. The van der Waals surface area contributed by atoms with Crippen LogP contribution in [0.15, 0.2) is 24.3 Å². The lowest BCUT2D eigenvalue weighted by Crippen LogP contribution is -2.43. The number of benzene rings is 1. The number of aliphatic carboxylic acids is 1. The van der Waals surface area contributed by atoms with E-state index in [4.69, 9.17) is 0 Å². The van der Waals surface area contributed by atoms with Crippen molar-refractivity contribution >= 4 is 17.6 Å². The molecule has 0 saturated carbocycles. The number of carboxylic acids is 1. The van der Waals surface area contributed by atoms with Gasteiger partial charge >= 0.3 is 5.97 Å². The second-order valence-corrected chi connectivity index (χ2v) is 5.24. The molecule has 7 nitrogen and oxygen atoms in total. The molecule has 1 saturated heterocycles. The predicted octanol–water partition coefficient (Wildman–Crippen LogP) is 1.46. The van der Waals surface area contributed by atoms with Crippen molar-refractivity contribution in [2.24, 2.45) is 5.92 Å². The van der Waals surface area contributed by atoms with E-state index in [2.05, 4.69) is 0 Å². The smallest absolute Gasteiger partial charge is 0.326 e. The molecule has 0 aliphatic carbocycles. The Bertz CT molecular complexity index is 586. The fourth-order valence-electron chi connectivity index (χ4n) is 2.66. The van der Waals surface area contributed by atoms with Crippen LogP contribution < -0.4 is 0 Å². The highest BCUT2D eigenvalue weighted by atomic mass is 16.6. The SMILES string of the molecule is CC1CCN(C(=O)Cc2cccc([N+](=O)[O-])c2)C1C(=O)O. The number of carboxylic acid groups (broad SMARTS) is 1. The Morgan fingerprint density at radius 2 is 2.19 bits per heavy atom. The summed E-state index contributed by atoms with van der Waals surface area (Å²) in [6.45, 7) is 2.21. The van der Waals surface area contributed by atoms with E-state index in [-0.39, 0.29) is 23.9 Å². The van der Waals surface area contributed by atoms with Gasteiger partial charge in [-0.2, -0.15) is 0 Å². The van der Waals surface area contributed by atoms with Gasteiger partial charge in [0, 0.05) is 18.7 Å². The predicted molar refractivity (Wildman–Crippen MR) is 73.7 cm³/mol. The summed E-state index contributed by atoms with van der Waals surface area (Å²) in [6, 6.07) is 5.03. The van der Waals surface area contributed by atoms with Crippen LogP contribution in [0.5, 0.6) is 0 Å². The maximum Gasteiger partial charge on any atom is 0.326 e. The zero-order chi connectivity index (χ0) is 15.6. The summed E-state index contributed by atoms with van der Waals surface area (Å²) in [7, 11) is 0. The molecule has 1 aliphatic heterocycles. The molecule has 0 aromatic heterocycles. The van der Waals surface area contributed by atoms with Crippen LogP contribution in [0, 0.1) is 16.0 Å². The lowest BCUT2D eigenvalue weighted by atomic mass is 10.0. The van der Waals surface area contributed by atoms with Gasteiger partial charge < -0.3 is 10.0 Å². The molecule has 112 valence electrons. The largest absolute Gasteiger partial charge is 0.480 e. The highest BCUT2D eigenvalue weighted by molar-refractivity contribution is 5.85. The van der Waals surface area contributed by atoms with Crippen LogP contribution in [-0.2, 0) is 16.0 Å². The van der Waals surface area contributed by atoms with Crippen molar-refractivity contribution in [1.29, 1.82) is 0 Å². The summed E-state index contributed by atoms with van der Waals surface area (Å²) in [6.07, 6.45) is 0.621. The maximum absolute atomic E-state index is 12.2. The number of nitrogens with zero attached hydrogens (tertiary/aromatic N) is 2. The second-order valence-electron chi connectivity index (χ2n) is 5.24. The molecule has 1 aromatic rings. The quantitative estimate of drug-likeness (QED) is 0.668. The first-order valence-corrected chi connectivity index (χ1v) is 6.65. The van der Waals surface area contributed by atoms with Gasteiger partial charge in [-0.1, -0.05) is 19.1 Å². The first-order valence-electron chi connectivity index (χ1n) is 6.65. The zero-order valence-electron chi connectivity index (χ0n) is 11.6. The molecule has 2 unspecified atom stereocenters. The molecule has 1 N–H and O–H groups in total. The van der Waals surface area contributed by atoms with Crippen molar-refractivity contribution in [1.82, 2.24) is 4.90 Å². The van der Waals surface area contributed by atoms with Crippen molar-refractivity contribution in [3.8, 4) is 0 Å². The Morgan fingerprint density at radius 1 is 1.48 bits per heavy atom. The van der Waals surface area contributed by atoms with Crippen molar-refractivity contribution in [2.45, 2.75) is 25.8 Å². The van der Waals surface area contributed by atoms with Gasteiger partial charge in [0.25, 0.3) is 5.69 Å². The molecule has 0 bridgehead atoms. The minimum absolute atomic E-state index is 0.0296. The minimum atomic E-state index is -1.01. The number of non-ortho nitro benzene ring substituents is 1. The third-order valence-electron chi connectivity index (χ3n) is 3.75. The number of likely N-dealkylation sites (tertiary alicyclic amines) is 1. The molecule has 1 heterocycles. The zero-order valence-corrected chi connectivity index (χ0v) is 11.6. The first kappa shape index (κ1) is 15.0. The van der Waals surface area contributed by atoms with Crippen LogP contribution in [0.4, 0.5) is 5.69 Å². The van der Waals surface area contributed by atoms with E-state index in [1.54, 1.807) is 13.0 Å². The Kier molecular flexibility index (Phi) is 4.21. The third-order valence-corrected chi connectivity index (χ3v) is 3.75. The van der Waals surface area contributed by atoms with Gasteiger partial charge in [0.05, 0.1) is 11.3 Å². The van der Waals surface area contributed by atoms with Crippen LogP contribution in [-0.4, -0.2) is 39.4 Å². The lowest BCUT2D eigenvalue weighted by molar-refractivity contribution is -0.384. The summed E-state index contributed by atoms with van der Waals surface area (Å²) in [4.78, 5) is 35.0. The number of carbonyl (C=O) groups is 2. The van der Waals surface area contributed by atoms with E-state index < -0.39 is 16.9 Å². The van der Waals surface area contributed by atoms with Crippen LogP contribution >= 0.6 is 0 Å². The molecule has 1 aromatic carbocycles. The van der Waals surface area contributed by atoms with Crippen LogP contribution in [0.3, 0.4) is 0 Å². The Morgan fingerprint density at radius 3 is 2.81 bits per heavy atom. The molecule has 1 aliphatic rings. The molecule has 1 fully saturated rings. The summed E-state index contributed by atoms with van der Waals surface area (Å²) in [5.41, 5.74) is 0.433. The van der Waals surface area contributed by atoms with Crippen molar-refractivity contribution in [2.75, 3.05) is 6.54 Å². The Labute approximate surface area is 121 Å². The summed E-state index contributed by atoms with van der Waals surface area (Å²) < 4.78 is 0. The highest BCUT2D eigenvalue weighted by Crippen LogP contribution is 2.25. The average molecular weight is 292 g/mol. The molecule has 0 radical (unpaired) electrons. The molecule has 1 amide bonds. The summed E-state index contributed by atoms with van der Waals surface area (Å²) >= 11 is 0. The van der Waals surface area contributed by atoms with Gasteiger partial charge in [0.1, 0.15) is 6.04 Å². The van der Waals surface area contributed by atoms with E-state index in [0.29, 0.717) is 18.5 Å². The summed E-state index contributed by atoms with van der Waals surface area (Å²) in [5, 5.41) is 19.9. The van der Waals surface area contributed by atoms with Gasteiger partial charge in [-0.15, -0.1) is 0 Å². The van der Waals surface area contributed by atoms with Gasteiger partial charge in [-0.05, 0) is 17.9 Å². The van der Waals surface area contributed by atoms with Crippen LogP contribution in [0.25, 0.3) is 0 Å². The van der Waals surface area contributed by atoms with Gasteiger partial charge in [0.15, 0.2) is 0 Å². The molecular formula is C14H16N2O5. The van der Waals surface area contributed by atoms with E-state index in [1.165, 1.54) is 23.1 Å². The maximum atomic E-state index is 12.2. The summed E-state index contributed by atoms with van der Waals surface area (Å²) in [5.74, 6) is -1.41. The number of nitro groups is 1. The number of rotatable bonds is 4. The fourth-order valence-corrected chi connectivity index (χ4v) is 2.66. The van der Waals surface area contributed by atoms with Crippen molar-refractivity contribution < 1.29 is 19.6 Å². The number of hydrogen-bond donors (Lipinski definition) is 1. The van der Waals surface area contributed by atoms with Gasteiger partial charge in [0.2, 0.25) is 5.91 Å². The number of nitro benzene ring substituents is 1. The molecule has 2 rings (SSSR count). The van der Waals surface area contributed by atoms with Crippen LogP contribution in [0.1, 0.15) is 18.9 Å². The monoisotopic (exact) mass is 292 g/mol. The first-order chi connectivity index (χ1) is 9.90. The standard InChI is InChI=1S/C14H16N2O5/c1-9-5-6-15(13(9)14(18)19)12(17)8-10-3-2-4-11(7-10)16(20)21/h2-4,7,9,13H,5-6,8H2,1H3,(H,18,19). The highest BCUT2D eigenvalue weighted by Gasteiger charge is 2.39. The van der Waals surface area contributed by atoms with E-state index in [0.717, 1.165) is 0 Å². The lowest BCUT2D eigenvalue weighted by Gasteiger charge is -2.23. The molecular weight excluding hydrogens is 276 g/mol. The normalized spacial score (nSPS) is 21.3. The number of amides is 1. The minimum Gasteiger partial charge on any atom is -0.480 e. The van der Waals surface area contributed by atoms with E-state index in [1.807, 2.05) is 0 Å². The fraction of sp³-hybridized carbons (Fsp3) is 0.429. The van der Waals surface area contributed by atoms with Crippen molar-refractivity contribution in [3.63, 3.8) is 0 Å². The number of carbonyl (C=O) groups excluding carboxylic acids is 1. The van der Waals surface area contributed by atoms with E-state index >= 15 is 0 Å². The molecule has 0 spiro atoms. The molecule has 7 heteroatoms. The van der Waals surface area contributed by atoms with Crippen molar-refractivity contribution in [3.05, 3.63) is 39.9 Å². The third kappa shape index (κ3) is 3.18. The Balaban J connectivity index is 2.13. The Hall–Kier alpha value is -2.44. The average Bonchev–Trinajstić information content (AvgIpc) is 2.81. The molecule has 2 atom stereocenters. The number of hydrogen-bond acceptors (Lipinski definition) is 4. The van der Waals surface area contributed by atoms with Gasteiger partial charge in [-0.25, -0.2) is 4.79 Å². The van der Waals surface area contributed by atoms with Gasteiger partial charge in [-0.3, -0.25) is 14.9 Å². The second kappa shape index (κ2) is 5.90. The topological polar surface area (TPSA) is 101 Å².